The fourth-order valence-electron chi connectivity index (χ4n) is 2.41. The van der Waals surface area contributed by atoms with Crippen molar-refractivity contribution in [3.05, 3.63) is 35.4 Å². The minimum Gasteiger partial charge on any atom is -0.409 e. The molecule has 0 saturated carbocycles. The van der Waals surface area contributed by atoms with E-state index in [4.69, 9.17) is 16.0 Å². The molecule has 0 amide bonds. The van der Waals surface area contributed by atoms with Crippen molar-refractivity contribution in [2.45, 2.75) is 6.54 Å². The molecule has 0 spiro atoms. The Bertz CT molecular complexity index is 439. The molecule has 0 atom stereocenters. The van der Waals surface area contributed by atoms with Crippen LogP contribution in [-0.2, 0) is 6.54 Å². The first-order valence-electron chi connectivity index (χ1n) is 6.85. The van der Waals surface area contributed by atoms with Crippen LogP contribution >= 0.6 is 0 Å². The maximum atomic E-state index is 8.92. The van der Waals surface area contributed by atoms with Crippen LogP contribution in [0.2, 0.25) is 0 Å². The molecule has 2 rings (SSSR count). The van der Waals surface area contributed by atoms with E-state index in [0.29, 0.717) is 0 Å². The fourth-order valence-corrected chi connectivity index (χ4v) is 2.41. The van der Waals surface area contributed by atoms with Crippen LogP contribution in [0.5, 0.6) is 0 Å². The summed E-state index contributed by atoms with van der Waals surface area (Å²) in [6, 6.07) is 7.75. The van der Waals surface area contributed by atoms with Gasteiger partial charge in [0.2, 0.25) is 0 Å². The van der Waals surface area contributed by atoms with E-state index in [0.717, 1.165) is 44.8 Å². The van der Waals surface area contributed by atoms with Gasteiger partial charge < -0.3 is 16.0 Å². The second kappa shape index (κ2) is 7.23. The van der Waals surface area contributed by atoms with Gasteiger partial charge in [-0.3, -0.25) is 9.80 Å². The van der Waals surface area contributed by atoms with Crippen molar-refractivity contribution in [3.63, 3.8) is 0 Å². The zero-order valence-electron chi connectivity index (χ0n) is 11.6. The summed E-state index contributed by atoms with van der Waals surface area (Å²) in [5.74, 6) is 0.133. The first kappa shape index (κ1) is 14.8. The van der Waals surface area contributed by atoms with Gasteiger partial charge in [-0.2, -0.15) is 0 Å². The van der Waals surface area contributed by atoms with Crippen LogP contribution in [0.1, 0.15) is 11.1 Å². The Morgan fingerprint density at radius 3 is 2.25 bits per heavy atom. The van der Waals surface area contributed by atoms with E-state index in [1.165, 1.54) is 5.56 Å². The van der Waals surface area contributed by atoms with Gasteiger partial charge in [0, 0.05) is 44.8 Å². The molecule has 6 nitrogen and oxygen atoms in total. The van der Waals surface area contributed by atoms with Crippen molar-refractivity contribution >= 4 is 5.84 Å². The monoisotopic (exact) mass is 278 g/mol. The molecule has 1 aliphatic rings. The van der Waals surface area contributed by atoms with E-state index in [1.54, 1.807) is 0 Å². The predicted octanol–water partition coefficient (Wildman–Crippen LogP) is -0.109. The van der Waals surface area contributed by atoms with Crippen molar-refractivity contribution in [3.8, 4) is 0 Å². The zero-order valence-corrected chi connectivity index (χ0v) is 11.6. The van der Waals surface area contributed by atoms with Gasteiger partial charge in [-0.05, 0) is 5.56 Å². The summed E-state index contributed by atoms with van der Waals surface area (Å²) < 4.78 is 0. The summed E-state index contributed by atoms with van der Waals surface area (Å²) in [6.07, 6.45) is 0. The summed E-state index contributed by atoms with van der Waals surface area (Å²) in [7, 11) is 0. The normalized spacial score (nSPS) is 18.4. The number of nitrogens with two attached hydrogens (primary N) is 1. The van der Waals surface area contributed by atoms with Gasteiger partial charge in [0.15, 0.2) is 5.84 Å². The molecule has 20 heavy (non-hydrogen) atoms. The minimum absolute atomic E-state index is 0.133. The van der Waals surface area contributed by atoms with Crippen LogP contribution in [0, 0.1) is 0 Å². The molecule has 0 aromatic heterocycles. The highest BCUT2D eigenvalue weighted by atomic mass is 16.4. The average Bonchev–Trinajstić information content (AvgIpc) is 2.49. The highest BCUT2D eigenvalue weighted by Crippen LogP contribution is 2.10. The molecule has 1 aromatic carbocycles. The van der Waals surface area contributed by atoms with Crippen molar-refractivity contribution in [2.75, 3.05) is 39.3 Å². The lowest BCUT2D eigenvalue weighted by molar-refractivity contribution is 0.108. The number of rotatable bonds is 5. The molecule has 110 valence electrons. The second-order valence-corrected chi connectivity index (χ2v) is 5.02. The van der Waals surface area contributed by atoms with Gasteiger partial charge in [-0.15, -0.1) is 0 Å². The maximum Gasteiger partial charge on any atom is 0.170 e. The Morgan fingerprint density at radius 2 is 1.70 bits per heavy atom. The largest absolute Gasteiger partial charge is 0.409 e. The number of hydrogen-bond donors (Lipinski definition) is 3. The number of nitrogens with zero attached hydrogens (tertiary/aromatic N) is 3. The number of β-amino-alcohol motifs (C(OH)–C–C–N with tert-alkyl or cyclic N) is 1. The molecule has 1 saturated heterocycles. The quantitative estimate of drug-likeness (QED) is 0.303. The standard InChI is InChI=1S/C14H22N4O2/c15-14(16-20)13-3-1-12(2-4-13)11-18-7-5-17(6-8-18)9-10-19/h1-4,19-20H,5-11H2,(H2,15,16). The van der Waals surface area contributed by atoms with E-state index in [2.05, 4.69) is 15.0 Å². The average molecular weight is 278 g/mol. The maximum absolute atomic E-state index is 8.92. The third-order valence-electron chi connectivity index (χ3n) is 3.64. The van der Waals surface area contributed by atoms with Gasteiger partial charge in [0.1, 0.15) is 0 Å². The zero-order chi connectivity index (χ0) is 14.4. The summed E-state index contributed by atoms with van der Waals surface area (Å²) in [5, 5.41) is 20.5. The molecule has 4 N–H and O–H groups in total. The topological polar surface area (TPSA) is 85.3 Å². The van der Waals surface area contributed by atoms with E-state index < -0.39 is 0 Å². The van der Waals surface area contributed by atoms with E-state index in [9.17, 15) is 0 Å². The number of piperazine rings is 1. The second-order valence-electron chi connectivity index (χ2n) is 5.02. The molecular weight excluding hydrogens is 256 g/mol. The van der Waals surface area contributed by atoms with Crippen LogP contribution < -0.4 is 5.73 Å². The molecule has 1 heterocycles. The highest BCUT2D eigenvalue weighted by molar-refractivity contribution is 5.96. The number of benzene rings is 1. The first-order chi connectivity index (χ1) is 9.72. The summed E-state index contributed by atoms with van der Waals surface area (Å²) in [4.78, 5) is 4.67. The van der Waals surface area contributed by atoms with E-state index in [1.807, 2.05) is 24.3 Å². The summed E-state index contributed by atoms with van der Waals surface area (Å²) >= 11 is 0. The van der Waals surface area contributed by atoms with Gasteiger partial charge in [-0.1, -0.05) is 29.4 Å². The Morgan fingerprint density at radius 1 is 1.10 bits per heavy atom. The lowest BCUT2D eigenvalue weighted by Gasteiger charge is -2.34. The van der Waals surface area contributed by atoms with Crippen molar-refractivity contribution in [1.82, 2.24) is 9.80 Å². The third-order valence-corrected chi connectivity index (χ3v) is 3.64. The van der Waals surface area contributed by atoms with Crippen LogP contribution in [0.15, 0.2) is 29.4 Å². The number of amidine groups is 1. The van der Waals surface area contributed by atoms with Crippen LogP contribution in [-0.4, -0.2) is 65.3 Å². The fraction of sp³-hybridized carbons (Fsp3) is 0.500. The Labute approximate surface area is 119 Å². The van der Waals surface area contributed by atoms with Crippen LogP contribution in [0.3, 0.4) is 0 Å². The van der Waals surface area contributed by atoms with Crippen molar-refractivity contribution in [2.24, 2.45) is 10.9 Å². The predicted molar refractivity (Wildman–Crippen MR) is 77.8 cm³/mol. The number of aliphatic hydroxyl groups excluding tert-OH is 1. The van der Waals surface area contributed by atoms with E-state index in [-0.39, 0.29) is 12.4 Å². The lowest BCUT2D eigenvalue weighted by Crippen LogP contribution is -2.46. The SMILES string of the molecule is N/C(=N\O)c1ccc(CN2CCN(CCO)CC2)cc1. The molecule has 0 radical (unpaired) electrons. The van der Waals surface area contributed by atoms with Crippen molar-refractivity contribution < 1.29 is 10.3 Å². The number of oxime groups is 1. The molecule has 6 heteroatoms. The molecule has 1 fully saturated rings. The van der Waals surface area contributed by atoms with Gasteiger partial charge in [0.05, 0.1) is 6.61 Å². The van der Waals surface area contributed by atoms with Gasteiger partial charge in [-0.25, -0.2) is 0 Å². The van der Waals surface area contributed by atoms with Crippen LogP contribution in [0.25, 0.3) is 0 Å². The smallest absolute Gasteiger partial charge is 0.170 e. The Hall–Kier alpha value is -1.63. The third kappa shape index (κ3) is 3.93. The molecule has 0 unspecified atom stereocenters. The van der Waals surface area contributed by atoms with Gasteiger partial charge >= 0.3 is 0 Å². The molecule has 1 aliphatic heterocycles. The van der Waals surface area contributed by atoms with Gasteiger partial charge in [0.25, 0.3) is 0 Å². The molecular formula is C14H22N4O2. The molecule has 0 bridgehead atoms. The highest BCUT2D eigenvalue weighted by Gasteiger charge is 2.16. The summed E-state index contributed by atoms with van der Waals surface area (Å²) in [5.41, 5.74) is 7.48. The lowest BCUT2D eigenvalue weighted by atomic mass is 10.1. The number of aliphatic hydroxyl groups is 1. The van der Waals surface area contributed by atoms with Crippen molar-refractivity contribution in [1.29, 1.82) is 0 Å². The van der Waals surface area contributed by atoms with E-state index >= 15 is 0 Å². The minimum atomic E-state index is 0.133. The summed E-state index contributed by atoms with van der Waals surface area (Å²) in [6.45, 7) is 5.94. The number of hydrogen-bond acceptors (Lipinski definition) is 5. The Kier molecular flexibility index (Phi) is 5.34. The molecule has 0 aliphatic carbocycles. The van der Waals surface area contributed by atoms with Crippen LogP contribution in [0.4, 0.5) is 0 Å². The Balaban J connectivity index is 1.85. The molecule has 1 aromatic rings. The first-order valence-corrected chi connectivity index (χ1v) is 6.85.